The molecule has 26 heavy (non-hydrogen) atoms. The zero-order chi connectivity index (χ0) is 18.1. The largest absolute Gasteiger partial charge is 0.494 e. The summed E-state index contributed by atoms with van der Waals surface area (Å²) in [6.07, 6.45) is 1.51. The van der Waals surface area contributed by atoms with Gasteiger partial charge in [0.05, 0.1) is 18.4 Å². The number of fused-ring (bicyclic) bond motifs is 1. The number of nitrogens with one attached hydrogen (secondary N) is 1. The lowest BCUT2D eigenvalue weighted by atomic mass is 10.2. The molecule has 1 aliphatic heterocycles. The quantitative estimate of drug-likeness (QED) is 0.900. The molecule has 2 aromatic rings. The van der Waals surface area contributed by atoms with Gasteiger partial charge in [0.25, 0.3) is 0 Å². The average Bonchev–Trinajstić information content (AvgIpc) is 3.35. The summed E-state index contributed by atoms with van der Waals surface area (Å²) in [7, 11) is 0. The Labute approximate surface area is 153 Å². The van der Waals surface area contributed by atoms with E-state index < -0.39 is 0 Å². The zero-order valence-electron chi connectivity index (χ0n) is 14.8. The SMILES string of the molecule is CCOc1ccc(NC(=O)C2CC2C(=O)N2CCc3ccccc32)cc1. The fourth-order valence-corrected chi connectivity index (χ4v) is 3.56. The first-order chi connectivity index (χ1) is 12.7. The van der Waals surface area contributed by atoms with Crippen LogP contribution in [0.5, 0.6) is 5.75 Å². The van der Waals surface area contributed by atoms with Crippen LogP contribution in [0, 0.1) is 11.8 Å². The number of amides is 2. The molecule has 2 aromatic carbocycles. The molecule has 5 nitrogen and oxygen atoms in total. The summed E-state index contributed by atoms with van der Waals surface area (Å²) in [6.45, 7) is 3.25. The van der Waals surface area contributed by atoms with Gasteiger partial charge in [0, 0.05) is 17.9 Å². The first kappa shape index (κ1) is 16.6. The number of hydrogen-bond donors (Lipinski definition) is 1. The molecular weight excluding hydrogens is 328 g/mol. The van der Waals surface area contributed by atoms with Crippen LogP contribution in [-0.2, 0) is 16.0 Å². The third-order valence-electron chi connectivity index (χ3n) is 5.03. The van der Waals surface area contributed by atoms with Crippen LogP contribution in [0.25, 0.3) is 0 Å². The number of nitrogens with zero attached hydrogens (tertiary/aromatic N) is 1. The first-order valence-corrected chi connectivity index (χ1v) is 9.10. The maximum atomic E-state index is 12.8. The van der Waals surface area contributed by atoms with Crippen molar-refractivity contribution in [2.45, 2.75) is 19.8 Å². The molecule has 2 unspecified atom stereocenters. The van der Waals surface area contributed by atoms with Crippen LogP contribution in [0.2, 0.25) is 0 Å². The Morgan fingerprint density at radius 1 is 1.12 bits per heavy atom. The van der Waals surface area contributed by atoms with Crippen LogP contribution < -0.4 is 15.0 Å². The highest BCUT2D eigenvalue weighted by Crippen LogP contribution is 2.43. The van der Waals surface area contributed by atoms with Crippen LogP contribution >= 0.6 is 0 Å². The van der Waals surface area contributed by atoms with Gasteiger partial charge in [-0.3, -0.25) is 9.59 Å². The summed E-state index contributed by atoms with van der Waals surface area (Å²) in [6, 6.07) is 15.3. The van der Waals surface area contributed by atoms with Crippen molar-refractivity contribution < 1.29 is 14.3 Å². The molecule has 0 aromatic heterocycles. The van der Waals surface area contributed by atoms with E-state index in [-0.39, 0.29) is 23.7 Å². The average molecular weight is 350 g/mol. The summed E-state index contributed by atoms with van der Waals surface area (Å²) in [5.41, 5.74) is 2.93. The van der Waals surface area contributed by atoms with Crippen LogP contribution in [0.4, 0.5) is 11.4 Å². The van der Waals surface area contributed by atoms with E-state index in [9.17, 15) is 9.59 Å². The molecule has 4 rings (SSSR count). The zero-order valence-corrected chi connectivity index (χ0v) is 14.8. The number of carbonyl (C=O) groups excluding carboxylic acids is 2. The van der Waals surface area contributed by atoms with E-state index in [1.54, 1.807) is 0 Å². The van der Waals surface area contributed by atoms with E-state index >= 15 is 0 Å². The second-order valence-electron chi connectivity index (χ2n) is 6.76. The highest BCUT2D eigenvalue weighted by molar-refractivity contribution is 6.05. The predicted molar refractivity (Wildman–Crippen MR) is 100 cm³/mol. The highest BCUT2D eigenvalue weighted by Gasteiger charge is 2.50. The van der Waals surface area contributed by atoms with Gasteiger partial charge in [0.2, 0.25) is 11.8 Å². The second-order valence-corrected chi connectivity index (χ2v) is 6.76. The third-order valence-corrected chi connectivity index (χ3v) is 5.03. The Morgan fingerprint density at radius 2 is 1.88 bits per heavy atom. The molecule has 0 radical (unpaired) electrons. The van der Waals surface area contributed by atoms with Crippen LogP contribution in [-0.4, -0.2) is 25.0 Å². The Hall–Kier alpha value is -2.82. The lowest BCUT2D eigenvalue weighted by Crippen LogP contribution is -2.31. The summed E-state index contributed by atoms with van der Waals surface area (Å²) >= 11 is 0. The van der Waals surface area contributed by atoms with E-state index in [0.29, 0.717) is 19.6 Å². The molecular formula is C21H22N2O3. The normalized spacial score (nSPS) is 20.4. The summed E-state index contributed by atoms with van der Waals surface area (Å²) in [5.74, 6) is 0.324. The van der Waals surface area contributed by atoms with Crippen LogP contribution in [0.3, 0.4) is 0 Å². The van der Waals surface area contributed by atoms with Crippen molar-refractivity contribution in [3.63, 3.8) is 0 Å². The number of para-hydroxylation sites is 1. The molecule has 1 aliphatic carbocycles. The lowest BCUT2D eigenvalue weighted by Gasteiger charge is -2.17. The van der Waals surface area contributed by atoms with Crippen molar-refractivity contribution >= 4 is 23.2 Å². The minimum Gasteiger partial charge on any atom is -0.494 e. The monoisotopic (exact) mass is 350 g/mol. The minimum absolute atomic E-state index is 0.0711. The smallest absolute Gasteiger partial charge is 0.230 e. The van der Waals surface area contributed by atoms with E-state index in [4.69, 9.17) is 4.74 Å². The van der Waals surface area contributed by atoms with Gasteiger partial charge < -0.3 is 15.0 Å². The summed E-state index contributed by atoms with van der Waals surface area (Å²) in [5, 5.41) is 2.90. The van der Waals surface area contributed by atoms with Crippen molar-refractivity contribution in [2.75, 3.05) is 23.4 Å². The van der Waals surface area contributed by atoms with Crippen LogP contribution in [0.15, 0.2) is 48.5 Å². The molecule has 1 N–H and O–H groups in total. The standard InChI is InChI=1S/C21H22N2O3/c1-2-26-16-9-7-15(8-10-16)22-20(24)17-13-18(17)21(25)23-12-11-14-5-3-4-6-19(14)23/h3-10,17-18H,2,11-13H2,1H3,(H,22,24). The Kier molecular flexibility index (Phi) is 4.37. The molecule has 1 heterocycles. The molecule has 2 amide bonds. The molecule has 2 aliphatic rings. The summed E-state index contributed by atoms with van der Waals surface area (Å²) in [4.78, 5) is 27.1. The number of rotatable bonds is 5. The second kappa shape index (κ2) is 6.83. The molecule has 1 fully saturated rings. The van der Waals surface area contributed by atoms with Gasteiger partial charge in [0.1, 0.15) is 5.75 Å². The maximum Gasteiger partial charge on any atom is 0.230 e. The van der Waals surface area contributed by atoms with Gasteiger partial charge >= 0.3 is 0 Å². The molecule has 0 bridgehead atoms. The Bertz CT molecular complexity index is 831. The van der Waals surface area contributed by atoms with E-state index in [1.807, 2.05) is 54.3 Å². The lowest BCUT2D eigenvalue weighted by molar-refractivity contribution is -0.123. The number of carbonyl (C=O) groups is 2. The van der Waals surface area contributed by atoms with Crippen molar-refractivity contribution in [3.05, 3.63) is 54.1 Å². The Balaban J connectivity index is 1.36. The minimum atomic E-state index is -0.234. The number of anilines is 2. The molecule has 0 spiro atoms. The Morgan fingerprint density at radius 3 is 2.65 bits per heavy atom. The van der Waals surface area contributed by atoms with Gasteiger partial charge in [-0.2, -0.15) is 0 Å². The fourth-order valence-electron chi connectivity index (χ4n) is 3.56. The van der Waals surface area contributed by atoms with E-state index in [2.05, 4.69) is 11.4 Å². The van der Waals surface area contributed by atoms with Crippen molar-refractivity contribution in [1.29, 1.82) is 0 Å². The molecule has 0 saturated heterocycles. The van der Waals surface area contributed by atoms with Gasteiger partial charge in [-0.15, -0.1) is 0 Å². The van der Waals surface area contributed by atoms with Crippen molar-refractivity contribution in [1.82, 2.24) is 0 Å². The predicted octanol–water partition coefficient (Wildman–Crippen LogP) is 3.25. The number of hydrogen-bond acceptors (Lipinski definition) is 3. The van der Waals surface area contributed by atoms with E-state index in [1.165, 1.54) is 5.56 Å². The molecule has 134 valence electrons. The maximum absolute atomic E-state index is 12.8. The number of ether oxygens (including phenoxy) is 1. The van der Waals surface area contributed by atoms with Crippen molar-refractivity contribution in [2.24, 2.45) is 11.8 Å². The van der Waals surface area contributed by atoms with E-state index in [0.717, 1.165) is 23.5 Å². The number of benzene rings is 2. The van der Waals surface area contributed by atoms with Gasteiger partial charge in [-0.25, -0.2) is 0 Å². The first-order valence-electron chi connectivity index (χ1n) is 9.10. The summed E-state index contributed by atoms with van der Waals surface area (Å²) < 4.78 is 5.40. The van der Waals surface area contributed by atoms with Gasteiger partial charge in [-0.05, 0) is 55.7 Å². The van der Waals surface area contributed by atoms with Gasteiger partial charge in [0.15, 0.2) is 0 Å². The molecule has 5 heteroatoms. The molecule has 1 saturated carbocycles. The fraction of sp³-hybridized carbons (Fsp3) is 0.333. The van der Waals surface area contributed by atoms with Crippen molar-refractivity contribution in [3.8, 4) is 5.75 Å². The van der Waals surface area contributed by atoms with Crippen LogP contribution in [0.1, 0.15) is 18.9 Å². The molecule has 2 atom stereocenters. The highest BCUT2D eigenvalue weighted by atomic mass is 16.5. The third kappa shape index (κ3) is 3.17. The topological polar surface area (TPSA) is 58.6 Å². The van der Waals surface area contributed by atoms with Gasteiger partial charge in [-0.1, -0.05) is 18.2 Å².